The van der Waals surface area contributed by atoms with E-state index in [0.717, 1.165) is 25.4 Å². The molecule has 0 amide bonds. The Morgan fingerprint density at radius 1 is 1.33 bits per heavy atom. The zero-order valence-electron chi connectivity index (χ0n) is 11.2. The van der Waals surface area contributed by atoms with E-state index in [1.54, 1.807) is 0 Å². The Hall–Kier alpha value is -0.770. The minimum atomic E-state index is 0.458. The molecule has 1 aromatic carbocycles. The summed E-state index contributed by atoms with van der Waals surface area (Å²) in [5, 5.41) is 7.49. The molecule has 1 atom stereocenters. The molecule has 0 aliphatic heterocycles. The van der Waals surface area contributed by atoms with Gasteiger partial charge in [0.15, 0.2) is 0 Å². The van der Waals surface area contributed by atoms with Gasteiger partial charge in [-0.2, -0.15) is 0 Å². The molecule has 102 valence electrons. The number of nitrogens with one attached hydrogen (secondary N) is 2. The van der Waals surface area contributed by atoms with Gasteiger partial charge in [-0.25, -0.2) is 0 Å². The third-order valence-electron chi connectivity index (χ3n) is 2.54. The predicted octanol–water partition coefficient (Wildman–Crippen LogP) is 2.70. The first-order valence-corrected chi connectivity index (χ1v) is 6.92. The quantitative estimate of drug-likeness (QED) is 0.677. The van der Waals surface area contributed by atoms with Crippen LogP contribution < -0.4 is 15.4 Å². The van der Waals surface area contributed by atoms with Crippen molar-refractivity contribution >= 4 is 11.6 Å². The van der Waals surface area contributed by atoms with Crippen molar-refractivity contribution in [3.63, 3.8) is 0 Å². The van der Waals surface area contributed by atoms with E-state index in [4.69, 9.17) is 16.3 Å². The molecule has 0 aliphatic rings. The minimum absolute atomic E-state index is 0.458. The van der Waals surface area contributed by atoms with Crippen molar-refractivity contribution < 1.29 is 4.74 Å². The van der Waals surface area contributed by atoms with Crippen molar-refractivity contribution in [3.8, 4) is 5.75 Å². The maximum absolute atomic E-state index is 5.88. The first-order valence-electron chi connectivity index (χ1n) is 6.55. The van der Waals surface area contributed by atoms with Gasteiger partial charge in [-0.15, -0.1) is 0 Å². The number of ether oxygens (including phenoxy) is 1. The molecule has 18 heavy (non-hydrogen) atoms. The number of hydrogen-bond donors (Lipinski definition) is 2. The lowest BCUT2D eigenvalue weighted by atomic mass is 10.3. The molecule has 0 aromatic heterocycles. The highest BCUT2D eigenvalue weighted by molar-refractivity contribution is 6.30. The average molecular weight is 271 g/mol. The fourth-order valence-electron chi connectivity index (χ4n) is 1.60. The summed E-state index contributed by atoms with van der Waals surface area (Å²) in [5.74, 6) is 0.820. The third-order valence-corrected chi connectivity index (χ3v) is 2.77. The molecule has 0 saturated heterocycles. The van der Waals surface area contributed by atoms with E-state index in [0.29, 0.717) is 17.7 Å². The van der Waals surface area contributed by atoms with Gasteiger partial charge in [0, 0.05) is 24.2 Å². The summed E-state index contributed by atoms with van der Waals surface area (Å²) in [6.07, 6.45) is 1.17. The molecule has 4 heteroatoms. The fourth-order valence-corrected chi connectivity index (χ4v) is 1.78. The Labute approximate surface area is 115 Å². The molecular formula is C14H23ClN2O. The molecule has 0 aliphatic carbocycles. The van der Waals surface area contributed by atoms with E-state index in [1.165, 1.54) is 6.42 Å². The first-order chi connectivity index (χ1) is 8.72. The van der Waals surface area contributed by atoms with Gasteiger partial charge in [0.25, 0.3) is 0 Å². The minimum Gasteiger partial charge on any atom is -0.492 e. The van der Waals surface area contributed by atoms with Gasteiger partial charge in [0.1, 0.15) is 12.4 Å². The molecule has 2 N–H and O–H groups in total. The zero-order valence-corrected chi connectivity index (χ0v) is 12.0. The lowest BCUT2D eigenvalue weighted by Gasteiger charge is -2.14. The molecule has 0 fully saturated rings. The Kier molecular flexibility index (Phi) is 7.81. The lowest BCUT2D eigenvalue weighted by molar-refractivity contribution is 0.305. The maximum Gasteiger partial charge on any atom is 0.120 e. The van der Waals surface area contributed by atoms with Crippen molar-refractivity contribution in [3.05, 3.63) is 29.3 Å². The lowest BCUT2D eigenvalue weighted by Crippen LogP contribution is -2.38. The summed E-state index contributed by atoms with van der Waals surface area (Å²) in [6, 6.07) is 7.93. The largest absolute Gasteiger partial charge is 0.492 e. The van der Waals surface area contributed by atoms with Crippen molar-refractivity contribution in [1.29, 1.82) is 0 Å². The maximum atomic E-state index is 5.88. The van der Waals surface area contributed by atoms with E-state index < -0.39 is 0 Å². The fraction of sp³-hybridized carbons (Fsp3) is 0.571. The Morgan fingerprint density at radius 3 is 2.89 bits per heavy atom. The predicted molar refractivity (Wildman–Crippen MR) is 77.6 cm³/mol. The zero-order chi connectivity index (χ0) is 13.2. The van der Waals surface area contributed by atoms with Crippen LogP contribution in [0.5, 0.6) is 5.75 Å². The Bertz CT molecular complexity index is 333. The van der Waals surface area contributed by atoms with E-state index in [2.05, 4.69) is 24.5 Å². The first kappa shape index (κ1) is 15.3. The van der Waals surface area contributed by atoms with Crippen LogP contribution in [0, 0.1) is 0 Å². The number of rotatable bonds is 9. The second kappa shape index (κ2) is 9.20. The second-order valence-electron chi connectivity index (χ2n) is 4.37. The van der Waals surface area contributed by atoms with Crippen LogP contribution in [0.2, 0.25) is 5.02 Å². The standard InChI is InChI=1S/C14H23ClN2O/c1-3-7-16-11-12(2)17-8-9-18-14-6-4-5-13(15)10-14/h4-6,10,12,16-17H,3,7-9,11H2,1-2H3. The van der Waals surface area contributed by atoms with Crippen LogP contribution in [-0.4, -0.2) is 32.3 Å². The topological polar surface area (TPSA) is 33.3 Å². The Morgan fingerprint density at radius 2 is 2.17 bits per heavy atom. The summed E-state index contributed by atoms with van der Waals surface area (Å²) in [4.78, 5) is 0. The van der Waals surface area contributed by atoms with Gasteiger partial charge in [-0.1, -0.05) is 24.6 Å². The molecule has 3 nitrogen and oxygen atoms in total. The number of hydrogen-bond acceptors (Lipinski definition) is 3. The van der Waals surface area contributed by atoms with Crippen molar-refractivity contribution in [2.75, 3.05) is 26.2 Å². The van der Waals surface area contributed by atoms with Crippen LogP contribution in [0.1, 0.15) is 20.3 Å². The molecule has 0 spiro atoms. The summed E-state index contributed by atoms with van der Waals surface area (Å²) in [7, 11) is 0. The molecule has 1 aromatic rings. The summed E-state index contributed by atoms with van der Waals surface area (Å²) in [6.45, 7) is 7.89. The molecule has 1 rings (SSSR count). The van der Waals surface area contributed by atoms with E-state index in [-0.39, 0.29) is 0 Å². The van der Waals surface area contributed by atoms with Crippen LogP contribution in [0.3, 0.4) is 0 Å². The summed E-state index contributed by atoms with van der Waals surface area (Å²) < 4.78 is 5.60. The highest BCUT2D eigenvalue weighted by Crippen LogP contribution is 2.16. The number of halogens is 1. The smallest absolute Gasteiger partial charge is 0.120 e. The van der Waals surface area contributed by atoms with Crippen molar-refractivity contribution in [2.45, 2.75) is 26.3 Å². The molecule has 0 radical (unpaired) electrons. The van der Waals surface area contributed by atoms with Gasteiger partial charge >= 0.3 is 0 Å². The van der Waals surface area contributed by atoms with Crippen molar-refractivity contribution in [1.82, 2.24) is 10.6 Å². The number of benzene rings is 1. The van der Waals surface area contributed by atoms with Crippen LogP contribution in [-0.2, 0) is 0 Å². The van der Waals surface area contributed by atoms with Crippen LogP contribution in [0.4, 0.5) is 0 Å². The molecule has 0 saturated carbocycles. The SMILES string of the molecule is CCCNCC(C)NCCOc1cccc(Cl)c1. The molecular weight excluding hydrogens is 248 g/mol. The molecule has 0 heterocycles. The van der Waals surface area contributed by atoms with E-state index >= 15 is 0 Å². The summed E-state index contributed by atoms with van der Waals surface area (Å²) >= 11 is 5.88. The van der Waals surface area contributed by atoms with Gasteiger partial charge in [-0.3, -0.25) is 0 Å². The summed E-state index contributed by atoms with van der Waals surface area (Å²) in [5.41, 5.74) is 0. The second-order valence-corrected chi connectivity index (χ2v) is 4.80. The molecule has 0 bridgehead atoms. The van der Waals surface area contributed by atoms with E-state index in [1.807, 2.05) is 24.3 Å². The van der Waals surface area contributed by atoms with Crippen LogP contribution >= 0.6 is 11.6 Å². The van der Waals surface area contributed by atoms with Gasteiger partial charge in [-0.05, 0) is 38.1 Å². The monoisotopic (exact) mass is 270 g/mol. The van der Waals surface area contributed by atoms with Gasteiger partial charge in [0.05, 0.1) is 0 Å². The van der Waals surface area contributed by atoms with Gasteiger partial charge in [0.2, 0.25) is 0 Å². The van der Waals surface area contributed by atoms with E-state index in [9.17, 15) is 0 Å². The van der Waals surface area contributed by atoms with Crippen molar-refractivity contribution in [2.24, 2.45) is 0 Å². The highest BCUT2D eigenvalue weighted by atomic mass is 35.5. The normalized spacial score (nSPS) is 12.4. The highest BCUT2D eigenvalue weighted by Gasteiger charge is 2.00. The molecule has 1 unspecified atom stereocenters. The Balaban J connectivity index is 2.07. The van der Waals surface area contributed by atoms with Gasteiger partial charge < -0.3 is 15.4 Å². The third kappa shape index (κ3) is 6.84. The van der Waals surface area contributed by atoms with Crippen LogP contribution in [0.15, 0.2) is 24.3 Å². The van der Waals surface area contributed by atoms with Crippen LogP contribution in [0.25, 0.3) is 0 Å². The average Bonchev–Trinajstić information content (AvgIpc) is 2.35.